The van der Waals surface area contributed by atoms with Crippen LogP contribution >= 0.6 is 0 Å². The van der Waals surface area contributed by atoms with Gasteiger partial charge in [-0.3, -0.25) is 4.79 Å². The molecule has 1 aliphatic rings. The second-order valence-electron chi connectivity index (χ2n) is 8.17. The van der Waals surface area contributed by atoms with Crippen molar-refractivity contribution in [2.45, 2.75) is 26.2 Å². The van der Waals surface area contributed by atoms with E-state index in [9.17, 15) is 18.4 Å². The van der Waals surface area contributed by atoms with Crippen LogP contribution in [0.2, 0.25) is 0 Å². The van der Waals surface area contributed by atoms with Gasteiger partial charge in [0.2, 0.25) is 0 Å². The Morgan fingerprint density at radius 1 is 1.09 bits per heavy atom. The molecular weight excluding hydrogens is 418 g/mol. The van der Waals surface area contributed by atoms with Gasteiger partial charge >= 0.3 is 6.16 Å². The number of carbonyl (C=O) groups is 2. The Morgan fingerprint density at radius 2 is 1.78 bits per heavy atom. The van der Waals surface area contributed by atoms with Crippen molar-refractivity contribution in [3.8, 4) is 0 Å². The van der Waals surface area contributed by atoms with E-state index in [2.05, 4.69) is 4.98 Å². The number of H-pyrrole nitrogens is 1. The quantitative estimate of drug-likeness (QED) is 0.557. The van der Waals surface area contributed by atoms with Crippen molar-refractivity contribution in [1.29, 1.82) is 0 Å². The summed E-state index contributed by atoms with van der Waals surface area (Å²) in [6, 6.07) is 9.54. The second-order valence-corrected chi connectivity index (χ2v) is 8.17. The molecular formula is C24H22F2N2O4. The second kappa shape index (κ2) is 8.11. The molecule has 4 rings (SSSR count). The van der Waals surface area contributed by atoms with Gasteiger partial charge in [-0.15, -0.1) is 0 Å². The topological polar surface area (TPSA) is 71.6 Å². The summed E-state index contributed by atoms with van der Waals surface area (Å²) in [5.41, 5.74) is 1.44. The highest BCUT2D eigenvalue weighted by Gasteiger charge is 2.37. The summed E-state index contributed by atoms with van der Waals surface area (Å²) in [7, 11) is 0. The molecule has 8 heteroatoms. The highest BCUT2D eigenvalue weighted by atomic mass is 19.1. The molecule has 0 fully saturated rings. The van der Waals surface area contributed by atoms with Crippen LogP contribution in [0, 0.1) is 11.6 Å². The van der Waals surface area contributed by atoms with Crippen LogP contribution in [0.1, 0.15) is 42.4 Å². The van der Waals surface area contributed by atoms with Gasteiger partial charge in [-0.1, -0.05) is 13.8 Å². The third kappa shape index (κ3) is 3.95. The van der Waals surface area contributed by atoms with E-state index in [0.29, 0.717) is 22.2 Å². The van der Waals surface area contributed by atoms with Gasteiger partial charge in [0.1, 0.15) is 11.6 Å². The zero-order valence-corrected chi connectivity index (χ0v) is 17.9. The number of nitrogens with zero attached hydrogens (tertiary/aromatic N) is 1. The lowest BCUT2D eigenvalue weighted by molar-refractivity contribution is 0.0788. The standard InChI is InChI=1S/C24H22F2N2O4/c1-4-31-23(30)32-19-12-28(22(29)14-5-7-15(25)8-6-14)13-24(2,3)20-17-11-16(26)9-10-18(17)27-21(19)20/h5-12,27H,4,13H2,1-3H3. The summed E-state index contributed by atoms with van der Waals surface area (Å²) in [5.74, 6) is -1.20. The van der Waals surface area contributed by atoms with Crippen molar-refractivity contribution in [2.24, 2.45) is 0 Å². The number of halogens is 2. The number of aromatic amines is 1. The average molecular weight is 440 g/mol. The summed E-state index contributed by atoms with van der Waals surface area (Å²) in [4.78, 5) is 30.0. The molecule has 0 saturated carbocycles. The van der Waals surface area contributed by atoms with Gasteiger partial charge in [-0.25, -0.2) is 13.6 Å². The highest BCUT2D eigenvalue weighted by Crippen LogP contribution is 2.40. The normalized spacial score (nSPS) is 15.0. The molecule has 6 nitrogen and oxygen atoms in total. The first-order valence-corrected chi connectivity index (χ1v) is 10.1. The molecule has 1 aliphatic heterocycles. The van der Waals surface area contributed by atoms with Gasteiger partial charge in [-0.05, 0) is 55.0 Å². The van der Waals surface area contributed by atoms with Crippen LogP contribution in [0.5, 0.6) is 0 Å². The fraction of sp³-hybridized carbons (Fsp3) is 0.250. The van der Waals surface area contributed by atoms with E-state index >= 15 is 0 Å². The molecule has 1 amide bonds. The molecule has 0 radical (unpaired) electrons. The number of nitrogens with one attached hydrogen (secondary N) is 1. The van der Waals surface area contributed by atoms with Crippen LogP contribution < -0.4 is 0 Å². The van der Waals surface area contributed by atoms with E-state index in [4.69, 9.17) is 9.47 Å². The molecule has 0 atom stereocenters. The van der Waals surface area contributed by atoms with Crippen molar-refractivity contribution < 1.29 is 27.8 Å². The number of fused-ring (bicyclic) bond motifs is 3. The first-order chi connectivity index (χ1) is 15.2. The molecule has 166 valence electrons. The fourth-order valence-electron chi connectivity index (χ4n) is 4.01. The molecule has 1 N–H and O–H groups in total. The van der Waals surface area contributed by atoms with E-state index in [0.717, 1.165) is 0 Å². The van der Waals surface area contributed by atoms with E-state index in [-0.39, 0.29) is 24.5 Å². The van der Waals surface area contributed by atoms with E-state index in [1.807, 2.05) is 13.8 Å². The first kappa shape index (κ1) is 21.5. The maximum absolute atomic E-state index is 14.1. The van der Waals surface area contributed by atoms with E-state index < -0.39 is 29.1 Å². The van der Waals surface area contributed by atoms with Crippen LogP contribution in [-0.4, -0.2) is 35.1 Å². The molecule has 1 aromatic heterocycles. The summed E-state index contributed by atoms with van der Waals surface area (Å²) in [6.07, 6.45) is 0.491. The van der Waals surface area contributed by atoms with Crippen LogP contribution in [0.3, 0.4) is 0 Å². The number of rotatable bonds is 3. The molecule has 0 spiro atoms. The zero-order valence-electron chi connectivity index (χ0n) is 17.9. The summed E-state index contributed by atoms with van der Waals surface area (Å²) >= 11 is 0. The number of ether oxygens (including phenoxy) is 2. The summed E-state index contributed by atoms with van der Waals surface area (Å²) in [6.45, 7) is 5.79. The van der Waals surface area contributed by atoms with Gasteiger partial charge in [0.25, 0.3) is 5.91 Å². The van der Waals surface area contributed by atoms with Crippen molar-refractivity contribution in [3.05, 3.63) is 77.1 Å². The maximum atomic E-state index is 14.1. The SMILES string of the molecule is CCOC(=O)OC1=CN(C(=O)c2ccc(F)cc2)CC(C)(C)c2c1[nH]c1ccc(F)cc21. The van der Waals surface area contributed by atoms with Gasteiger partial charge in [0.15, 0.2) is 5.76 Å². The number of carbonyl (C=O) groups excluding carboxylic acids is 2. The first-order valence-electron chi connectivity index (χ1n) is 10.1. The van der Waals surface area contributed by atoms with Crippen LogP contribution in [0.4, 0.5) is 13.6 Å². The van der Waals surface area contributed by atoms with Gasteiger partial charge in [0.05, 0.1) is 18.5 Å². The average Bonchev–Trinajstić information content (AvgIpc) is 3.07. The smallest absolute Gasteiger partial charge is 0.434 e. The van der Waals surface area contributed by atoms with Gasteiger partial charge in [0, 0.05) is 28.4 Å². The Hall–Kier alpha value is -3.68. The zero-order chi connectivity index (χ0) is 23.0. The summed E-state index contributed by atoms with van der Waals surface area (Å²) < 4.78 is 37.8. The van der Waals surface area contributed by atoms with Crippen molar-refractivity contribution in [3.63, 3.8) is 0 Å². The predicted molar refractivity (Wildman–Crippen MR) is 115 cm³/mol. The Bertz CT molecular complexity index is 1230. The molecule has 2 aromatic carbocycles. The third-order valence-corrected chi connectivity index (χ3v) is 5.33. The van der Waals surface area contributed by atoms with Crippen LogP contribution in [0.15, 0.2) is 48.7 Å². The number of hydrogen-bond acceptors (Lipinski definition) is 4. The number of hydrogen-bond donors (Lipinski definition) is 1. The Morgan fingerprint density at radius 3 is 2.47 bits per heavy atom. The lowest BCUT2D eigenvalue weighted by Crippen LogP contribution is -2.36. The minimum atomic E-state index is -0.927. The van der Waals surface area contributed by atoms with E-state index in [1.165, 1.54) is 47.5 Å². The van der Waals surface area contributed by atoms with E-state index in [1.54, 1.807) is 13.0 Å². The highest BCUT2D eigenvalue weighted by molar-refractivity contribution is 5.97. The third-order valence-electron chi connectivity index (χ3n) is 5.33. The number of amides is 1. The minimum Gasteiger partial charge on any atom is -0.434 e. The Balaban J connectivity index is 1.86. The van der Waals surface area contributed by atoms with Crippen molar-refractivity contribution in [2.75, 3.05) is 13.2 Å². The molecule has 2 heterocycles. The van der Waals surface area contributed by atoms with Crippen LogP contribution in [-0.2, 0) is 14.9 Å². The molecule has 0 aliphatic carbocycles. The molecule has 3 aromatic rings. The lowest BCUT2D eigenvalue weighted by Gasteiger charge is -2.29. The maximum Gasteiger partial charge on any atom is 0.513 e. The van der Waals surface area contributed by atoms with Gasteiger partial charge in [-0.2, -0.15) is 0 Å². The molecule has 0 unspecified atom stereocenters. The lowest BCUT2D eigenvalue weighted by atomic mass is 9.82. The molecule has 0 saturated heterocycles. The molecule has 0 bridgehead atoms. The summed E-state index contributed by atoms with van der Waals surface area (Å²) in [5, 5.41) is 0.624. The predicted octanol–water partition coefficient (Wildman–Crippen LogP) is 5.35. The van der Waals surface area contributed by atoms with Crippen molar-refractivity contribution >= 4 is 28.7 Å². The largest absolute Gasteiger partial charge is 0.513 e. The van der Waals surface area contributed by atoms with Gasteiger partial charge < -0.3 is 19.4 Å². The number of aromatic nitrogens is 1. The minimum absolute atomic E-state index is 0.0658. The number of benzene rings is 2. The fourth-order valence-corrected chi connectivity index (χ4v) is 4.01. The Kier molecular flexibility index (Phi) is 5.46. The monoisotopic (exact) mass is 440 g/mol. The van der Waals surface area contributed by atoms with Crippen molar-refractivity contribution in [1.82, 2.24) is 9.88 Å². The molecule has 32 heavy (non-hydrogen) atoms. The Labute approximate surface area is 183 Å². The van der Waals surface area contributed by atoms with Crippen LogP contribution in [0.25, 0.3) is 16.7 Å².